The SMILES string of the molecule is COc1cc(N2CCC3(O)C(=O)c4ccsc4N=C23)ccn1. The molecule has 0 aromatic carbocycles. The topological polar surface area (TPSA) is 75.0 Å². The Labute approximate surface area is 130 Å². The molecule has 112 valence electrons. The van der Waals surface area contributed by atoms with Gasteiger partial charge in [-0.25, -0.2) is 9.98 Å². The minimum Gasteiger partial charge on any atom is -0.481 e. The molecule has 2 aliphatic heterocycles. The zero-order chi connectivity index (χ0) is 15.3. The van der Waals surface area contributed by atoms with E-state index >= 15 is 0 Å². The van der Waals surface area contributed by atoms with E-state index in [1.807, 2.05) is 16.3 Å². The van der Waals surface area contributed by atoms with Crippen LogP contribution in [-0.2, 0) is 0 Å². The van der Waals surface area contributed by atoms with Crippen molar-refractivity contribution in [2.45, 2.75) is 12.0 Å². The summed E-state index contributed by atoms with van der Waals surface area (Å²) in [6.45, 7) is 0.517. The molecule has 1 saturated heterocycles. The van der Waals surface area contributed by atoms with Crippen molar-refractivity contribution in [1.82, 2.24) is 4.98 Å². The van der Waals surface area contributed by atoms with Gasteiger partial charge in [0.05, 0.1) is 12.7 Å². The molecule has 0 aliphatic carbocycles. The van der Waals surface area contributed by atoms with Crippen LogP contribution < -0.4 is 9.64 Å². The fourth-order valence-corrected chi connectivity index (χ4v) is 3.65. The number of nitrogens with zero attached hydrogens (tertiary/aromatic N) is 3. The number of anilines is 1. The molecule has 2 aromatic rings. The number of carbonyl (C=O) groups is 1. The van der Waals surface area contributed by atoms with Crippen LogP contribution in [0.15, 0.2) is 34.8 Å². The number of aliphatic imine (C=N–C) groups is 1. The number of carbonyl (C=O) groups excluding carboxylic acids is 1. The van der Waals surface area contributed by atoms with Crippen molar-refractivity contribution in [3.8, 4) is 5.88 Å². The number of aliphatic hydroxyl groups is 1. The minimum absolute atomic E-state index is 0.266. The molecule has 2 aromatic heterocycles. The highest BCUT2D eigenvalue weighted by Crippen LogP contribution is 2.41. The van der Waals surface area contributed by atoms with Gasteiger partial charge in [-0.3, -0.25) is 4.79 Å². The summed E-state index contributed by atoms with van der Waals surface area (Å²) >= 11 is 1.40. The quantitative estimate of drug-likeness (QED) is 0.917. The van der Waals surface area contributed by atoms with E-state index < -0.39 is 5.60 Å². The van der Waals surface area contributed by atoms with Gasteiger partial charge in [-0.2, -0.15) is 0 Å². The van der Waals surface area contributed by atoms with Gasteiger partial charge < -0.3 is 14.7 Å². The van der Waals surface area contributed by atoms with Crippen LogP contribution in [0.2, 0.25) is 0 Å². The highest BCUT2D eigenvalue weighted by Gasteiger charge is 2.52. The lowest BCUT2D eigenvalue weighted by Crippen LogP contribution is -2.48. The minimum atomic E-state index is -1.54. The van der Waals surface area contributed by atoms with Crippen LogP contribution in [0.25, 0.3) is 0 Å². The first-order chi connectivity index (χ1) is 10.6. The summed E-state index contributed by atoms with van der Waals surface area (Å²) in [5.41, 5.74) is -0.232. The summed E-state index contributed by atoms with van der Waals surface area (Å²) in [7, 11) is 1.55. The van der Waals surface area contributed by atoms with E-state index in [0.29, 0.717) is 35.2 Å². The van der Waals surface area contributed by atoms with Crippen LogP contribution >= 0.6 is 11.3 Å². The lowest BCUT2D eigenvalue weighted by molar-refractivity contribution is 0.0603. The first-order valence-corrected chi connectivity index (χ1v) is 7.73. The van der Waals surface area contributed by atoms with Crippen molar-refractivity contribution >= 4 is 33.6 Å². The summed E-state index contributed by atoms with van der Waals surface area (Å²) in [6, 6.07) is 5.30. The number of Topliss-reactive ketones (excluding diaryl/α,β-unsaturated/α-hetero) is 1. The van der Waals surface area contributed by atoms with Crippen LogP contribution in [0, 0.1) is 0 Å². The molecule has 4 heterocycles. The van der Waals surface area contributed by atoms with Crippen molar-refractivity contribution in [1.29, 1.82) is 0 Å². The Morgan fingerprint density at radius 1 is 1.45 bits per heavy atom. The predicted molar refractivity (Wildman–Crippen MR) is 83.4 cm³/mol. The fourth-order valence-electron chi connectivity index (χ4n) is 2.89. The Balaban J connectivity index is 1.83. The highest BCUT2D eigenvalue weighted by molar-refractivity contribution is 7.14. The molecule has 1 fully saturated rings. The van der Waals surface area contributed by atoms with Gasteiger partial charge >= 0.3 is 0 Å². The summed E-state index contributed by atoms with van der Waals surface area (Å²) < 4.78 is 5.14. The second-order valence-corrected chi connectivity index (χ2v) is 6.12. The molecule has 1 N–H and O–H groups in total. The van der Waals surface area contributed by atoms with E-state index in [1.54, 1.807) is 25.4 Å². The molecule has 1 unspecified atom stereocenters. The first-order valence-electron chi connectivity index (χ1n) is 6.85. The predicted octanol–water partition coefficient (Wildman–Crippen LogP) is 2.02. The standard InChI is InChI=1S/C15H13N3O3S/c1-21-11-8-9(2-5-16-11)18-6-4-15(20)12(19)10-3-7-22-13(10)17-14(15)18/h2-3,5,7-8,20H,4,6H2,1H3. The van der Waals surface area contributed by atoms with Gasteiger partial charge in [-0.15, -0.1) is 11.3 Å². The molecular weight excluding hydrogens is 302 g/mol. The van der Waals surface area contributed by atoms with E-state index in [2.05, 4.69) is 9.98 Å². The Morgan fingerprint density at radius 3 is 3.14 bits per heavy atom. The van der Waals surface area contributed by atoms with Gasteiger partial charge in [0.15, 0.2) is 11.4 Å². The third-order valence-electron chi connectivity index (χ3n) is 4.03. The normalized spacial score (nSPS) is 23.1. The third-order valence-corrected chi connectivity index (χ3v) is 4.84. The number of pyridine rings is 1. The molecule has 4 rings (SSSR count). The zero-order valence-corrected chi connectivity index (χ0v) is 12.6. The molecule has 2 aliphatic rings. The molecule has 0 bridgehead atoms. The zero-order valence-electron chi connectivity index (χ0n) is 11.8. The number of methoxy groups -OCH3 is 1. The molecule has 7 heteroatoms. The number of thiophene rings is 1. The van der Waals surface area contributed by atoms with Gasteiger partial charge in [0, 0.05) is 30.9 Å². The molecular formula is C15H13N3O3S. The largest absolute Gasteiger partial charge is 0.481 e. The number of hydrogen-bond donors (Lipinski definition) is 1. The third kappa shape index (κ3) is 1.72. The van der Waals surface area contributed by atoms with E-state index in [0.717, 1.165) is 5.69 Å². The summed E-state index contributed by atoms with van der Waals surface area (Å²) in [6.07, 6.45) is 1.96. The lowest BCUT2D eigenvalue weighted by Gasteiger charge is -2.28. The smallest absolute Gasteiger partial charge is 0.214 e. The Kier molecular flexibility index (Phi) is 2.82. The molecule has 0 saturated carbocycles. The van der Waals surface area contributed by atoms with Crippen LogP contribution in [0.5, 0.6) is 5.88 Å². The molecule has 0 radical (unpaired) electrons. The van der Waals surface area contributed by atoms with Gasteiger partial charge in [-0.05, 0) is 17.5 Å². The maximum atomic E-state index is 12.6. The first kappa shape index (κ1) is 13.4. The van der Waals surface area contributed by atoms with Crippen LogP contribution in [-0.4, -0.2) is 41.0 Å². The van der Waals surface area contributed by atoms with E-state index in [4.69, 9.17) is 4.74 Å². The number of aromatic nitrogens is 1. The molecule has 0 spiro atoms. The number of hydrogen-bond acceptors (Lipinski definition) is 7. The van der Waals surface area contributed by atoms with Gasteiger partial charge in [0.1, 0.15) is 5.00 Å². The Hall–Kier alpha value is -2.25. The second-order valence-electron chi connectivity index (χ2n) is 5.22. The maximum absolute atomic E-state index is 12.6. The average molecular weight is 315 g/mol. The van der Waals surface area contributed by atoms with Crippen molar-refractivity contribution < 1.29 is 14.6 Å². The number of ketones is 1. The maximum Gasteiger partial charge on any atom is 0.214 e. The van der Waals surface area contributed by atoms with Gasteiger partial charge in [0.2, 0.25) is 11.7 Å². The highest BCUT2D eigenvalue weighted by atomic mass is 32.1. The number of ether oxygens (including phenoxy) is 1. The Bertz CT molecular complexity index is 801. The van der Waals surface area contributed by atoms with E-state index in [1.165, 1.54) is 11.3 Å². The summed E-state index contributed by atoms with van der Waals surface area (Å²) in [5.74, 6) is 0.602. The van der Waals surface area contributed by atoms with E-state index in [9.17, 15) is 9.90 Å². The number of amidine groups is 1. The van der Waals surface area contributed by atoms with E-state index in [-0.39, 0.29) is 5.78 Å². The molecule has 1 atom stereocenters. The number of fused-ring (bicyclic) bond motifs is 2. The second kappa shape index (κ2) is 4.62. The van der Waals surface area contributed by atoms with Crippen molar-refractivity contribution in [2.75, 3.05) is 18.6 Å². The van der Waals surface area contributed by atoms with Gasteiger partial charge in [0.25, 0.3) is 0 Å². The molecule has 0 amide bonds. The van der Waals surface area contributed by atoms with Crippen LogP contribution in [0.3, 0.4) is 0 Å². The monoisotopic (exact) mass is 315 g/mol. The Morgan fingerprint density at radius 2 is 2.32 bits per heavy atom. The lowest BCUT2D eigenvalue weighted by atomic mass is 9.90. The van der Waals surface area contributed by atoms with Crippen LogP contribution in [0.1, 0.15) is 16.8 Å². The van der Waals surface area contributed by atoms with Crippen molar-refractivity contribution in [3.05, 3.63) is 35.3 Å². The fraction of sp³-hybridized carbons (Fsp3) is 0.267. The average Bonchev–Trinajstić information content (AvgIpc) is 3.13. The van der Waals surface area contributed by atoms with Crippen LogP contribution in [0.4, 0.5) is 10.7 Å². The van der Waals surface area contributed by atoms with Crippen molar-refractivity contribution in [3.63, 3.8) is 0 Å². The summed E-state index contributed by atoms with van der Waals surface area (Å²) in [5, 5.41) is 13.3. The van der Waals surface area contributed by atoms with Gasteiger partial charge in [-0.1, -0.05) is 0 Å². The summed E-state index contributed by atoms with van der Waals surface area (Å²) in [4.78, 5) is 23.1. The number of rotatable bonds is 2. The molecule has 22 heavy (non-hydrogen) atoms. The molecule has 6 nitrogen and oxygen atoms in total. The van der Waals surface area contributed by atoms with Crippen molar-refractivity contribution in [2.24, 2.45) is 4.99 Å².